The maximum absolute atomic E-state index is 5.28. The summed E-state index contributed by atoms with van der Waals surface area (Å²) in [6.45, 7) is 0. The molecule has 10 rings (SSSR count). The van der Waals surface area contributed by atoms with Gasteiger partial charge in [0.15, 0.2) is 5.82 Å². The van der Waals surface area contributed by atoms with Crippen LogP contribution in [0.15, 0.2) is 180 Å². The van der Waals surface area contributed by atoms with Gasteiger partial charge in [0.1, 0.15) is 0 Å². The maximum atomic E-state index is 5.28. The average molecular weight is 629 g/mol. The quantitative estimate of drug-likeness (QED) is 0.195. The van der Waals surface area contributed by atoms with E-state index < -0.39 is 5.41 Å². The molecule has 1 aliphatic heterocycles. The van der Waals surface area contributed by atoms with E-state index in [1.54, 1.807) is 0 Å². The highest BCUT2D eigenvalue weighted by Gasteiger charge is 2.50. The van der Waals surface area contributed by atoms with E-state index >= 15 is 0 Å². The van der Waals surface area contributed by atoms with E-state index in [9.17, 15) is 0 Å². The normalized spacial score (nSPS) is 13.5. The Hall–Kier alpha value is -5.77. The van der Waals surface area contributed by atoms with Crippen LogP contribution in [0.3, 0.4) is 0 Å². The number of hydrogen-bond acceptors (Lipinski definition) is 3. The van der Waals surface area contributed by atoms with Crippen molar-refractivity contribution in [3.05, 3.63) is 192 Å². The molecular weight excluding hydrogens is 601 g/mol. The third-order valence-electron chi connectivity index (χ3n) is 9.97. The first-order valence-electron chi connectivity index (χ1n) is 16.3. The van der Waals surface area contributed by atoms with E-state index in [2.05, 4.69) is 164 Å². The molecule has 0 amide bonds. The molecule has 224 valence electrons. The van der Waals surface area contributed by atoms with E-state index in [0.717, 1.165) is 33.9 Å². The molecule has 7 aromatic carbocycles. The van der Waals surface area contributed by atoms with Gasteiger partial charge in [0.25, 0.3) is 0 Å². The Morgan fingerprint density at radius 2 is 1.00 bits per heavy atom. The van der Waals surface area contributed by atoms with Crippen molar-refractivity contribution in [1.29, 1.82) is 0 Å². The Morgan fingerprint density at radius 3 is 1.81 bits per heavy atom. The van der Waals surface area contributed by atoms with Gasteiger partial charge in [-0.2, -0.15) is 0 Å². The first-order valence-corrected chi connectivity index (χ1v) is 17.1. The largest absolute Gasteiger partial charge is 0.228 e. The van der Waals surface area contributed by atoms with Gasteiger partial charge in [-0.15, -0.1) is 0 Å². The van der Waals surface area contributed by atoms with Crippen LogP contribution < -0.4 is 0 Å². The zero-order valence-electron chi connectivity index (χ0n) is 26.0. The summed E-state index contributed by atoms with van der Waals surface area (Å²) < 4.78 is 0. The number of benzene rings is 7. The summed E-state index contributed by atoms with van der Waals surface area (Å²) in [6.07, 6.45) is 0. The minimum Gasteiger partial charge on any atom is -0.228 e. The topological polar surface area (TPSA) is 25.8 Å². The summed E-state index contributed by atoms with van der Waals surface area (Å²) >= 11 is 1.85. The third-order valence-corrected chi connectivity index (χ3v) is 11.1. The fraction of sp³-hybridized carbons (Fsp3) is 0.0222. The molecule has 1 spiro atoms. The molecule has 2 heterocycles. The van der Waals surface area contributed by atoms with Crippen molar-refractivity contribution >= 4 is 22.5 Å². The number of hydrogen-bond donors (Lipinski definition) is 0. The lowest BCUT2D eigenvalue weighted by Crippen LogP contribution is -2.31. The lowest BCUT2D eigenvalue weighted by molar-refractivity contribution is 0.722. The zero-order valence-corrected chi connectivity index (χ0v) is 26.8. The van der Waals surface area contributed by atoms with Crippen LogP contribution in [-0.2, 0) is 5.41 Å². The van der Waals surface area contributed by atoms with Gasteiger partial charge in [-0.3, -0.25) is 0 Å². The molecule has 0 atom stereocenters. The van der Waals surface area contributed by atoms with Crippen molar-refractivity contribution in [3.63, 3.8) is 0 Å². The highest BCUT2D eigenvalue weighted by molar-refractivity contribution is 7.99. The van der Waals surface area contributed by atoms with Crippen molar-refractivity contribution in [2.45, 2.75) is 15.2 Å². The molecule has 2 aliphatic rings. The molecule has 2 nitrogen and oxygen atoms in total. The molecule has 0 unspecified atom stereocenters. The monoisotopic (exact) mass is 628 g/mol. The molecule has 1 aliphatic carbocycles. The molecule has 0 radical (unpaired) electrons. The summed E-state index contributed by atoms with van der Waals surface area (Å²) in [6, 6.07) is 61.2. The van der Waals surface area contributed by atoms with Crippen molar-refractivity contribution in [3.8, 4) is 45.0 Å². The number of rotatable bonds is 3. The molecular formula is C45H28N2S. The van der Waals surface area contributed by atoms with E-state index in [1.807, 2.05) is 17.8 Å². The third kappa shape index (κ3) is 3.95. The van der Waals surface area contributed by atoms with Gasteiger partial charge in [0.05, 0.1) is 16.8 Å². The summed E-state index contributed by atoms with van der Waals surface area (Å²) in [5.74, 6) is 0.725. The maximum Gasteiger partial charge on any atom is 0.160 e. The number of fused-ring (bicyclic) bond motifs is 10. The van der Waals surface area contributed by atoms with Crippen LogP contribution in [0.4, 0.5) is 0 Å². The summed E-state index contributed by atoms with van der Waals surface area (Å²) in [4.78, 5) is 13.0. The predicted octanol–water partition coefficient (Wildman–Crippen LogP) is 11.5. The summed E-state index contributed by atoms with van der Waals surface area (Å²) in [7, 11) is 0. The van der Waals surface area contributed by atoms with Crippen LogP contribution in [0.5, 0.6) is 0 Å². The molecule has 8 aromatic rings. The van der Waals surface area contributed by atoms with Gasteiger partial charge in [-0.1, -0.05) is 163 Å². The van der Waals surface area contributed by atoms with Gasteiger partial charge in [0, 0.05) is 26.5 Å². The number of nitrogens with zero attached hydrogens (tertiary/aromatic N) is 2. The van der Waals surface area contributed by atoms with E-state index in [1.165, 1.54) is 53.9 Å². The first kappa shape index (κ1) is 27.4. The molecule has 0 bridgehead atoms. The van der Waals surface area contributed by atoms with Gasteiger partial charge >= 0.3 is 0 Å². The van der Waals surface area contributed by atoms with Gasteiger partial charge in [-0.05, 0) is 62.4 Å². The van der Waals surface area contributed by atoms with Crippen molar-refractivity contribution in [1.82, 2.24) is 9.97 Å². The van der Waals surface area contributed by atoms with Gasteiger partial charge in [0.2, 0.25) is 0 Å². The van der Waals surface area contributed by atoms with Crippen LogP contribution in [0.2, 0.25) is 0 Å². The van der Waals surface area contributed by atoms with E-state index in [4.69, 9.17) is 9.97 Å². The Labute approximate surface area is 283 Å². The molecule has 0 saturated carbocycles. The Balaban J connectivity index is 1.21. The smallest absolute Gasteiger partial charge is 0.160 e. The highest BCUT2D eigenvalue weighted by Crippen LogP contribution is 2.62. The Morgan fingerprint density at radius 1 is 0.396 bits per heavy atom. The van der Waals surface area contributed by atoms with E-state index in [-0.39, 0.29) is 0 Å². The van der Waals surface area contributed by atoms with Crippen LogP contribution in [0, 0.1) is 0 Å². The molecule has 0 fully saturated rings. The van der Waals surface area contributed by atoms with Crippen LogP contribution in [0.1, 0.15) is 22.3 Å². The highest BCUT2D eigenvalue weighted by atomic mass is 32.2. The SMILES string of the molecule is c1ccc(-c2cc(-c3cccc4ccccc34)nc(-c3ccc4c(c3)Sc3ccccc3C43c4ccccc4-c4ccccc43)n2)cc1. The van der Waals surface area contributed by atoms with Crippen molar-refractivity contribution < 1.29 is 0 Å². The summed E-state index contributed by atoms with van der Waals surface area (Å²) in [5.41, 5.74) is 12.6. The van der Waals surface area contributed by atoms with Crippen LogP contribution >= 0.6 is 11.8 Å². The second-order valence-corrected chi connectivity index (χ2v) is 13.6. The molecule has 0 N–H and O–H groups in total. The second kappa shape index (κ2) is 10.6. The Bertz CT molecular complexity index is 2500. The first-order chi connectivity index (χ1) is 23.8. The van der Waals surface area contributed by atoms with Crippen molar-refractivity contribution in [2.24, 2.45) is 0 Å². The minimum atomic E-state index is -0.399. The van der Waals surface area contributed by atoms with Crippen LogP contribution in [-0.4, -0.2) is 9.97 Å². The zero-order chi connectivity index (χ0) is 31.7. The lowest BCUT2D eigenvalue weighted by Gasteiger charge is -2.39. The Kier molecular flexibility index (Phi) is 6.06. The second-order valence-electron chi connectivity index (χ2n) is 12.5. The molecule has 1 aromatic heterocycles. The average Bonchev–Trinajstić information content (AvgIpc) is 3.45. The fourth-order valence-electron chi connectivity index (χ4n) is 7.92. The predicted molar refractivity (Wildman–Crippen MR) is 197 cm³/mol. The van der Waals surface area contributed by atoms with Crippen LogP contribution in [0.25, 0.3) is 55.8 Å². The summed E-state index contributed by atoms with van der Waals surface area (Å²) in [5, 5.41) is 2.38. The standard InChI is InChI=1S/C45H28N2S/c1-2-14-30(15-3-1)40-28-41(35-20-12-16-29-13-4-5-17-32(29)35)47-44(46-40)31-25-26-39-43(27-31)48-42-24-11-10-23-38(42)45(39)36-21-8-6-18-33(36)34-19-7-9-22-37(34)45/h1-28H. The fourth-order valence-corrected chi connectivity index (χ4v) is 9.15. The molecule has 48 heavy (non-hydrogen) atoms. The minimum absolute atomic E-state index is 0.399. The van der Waals surface area contributed by atoms with Gasteiger partial charge < -0.3 is 0 Å². The van der Waals surface area contributed by atoms with Crippen molar-refractivity contribution in [2.75, 3.05) is 0 Å². The molecule has 3 heteroatoms. The number of aromatic nitrogens is 2. The molecule has 0 saturated heterocycles. The van der Waals surface area contributed by atoms with E-state index in [0.29, 0.717) is 0 Å². The van der Waals surface area contributed by atoms with Gasteiger partial charge in [-0.25, -0.2) is 9.97 Å². The lowest BCUT2D eigenvalue weighted by atomic mass is 9.67.